The van der Waals surface area contributed by atoms with Crippen LogP contribution < -0.4 is 0 Å². The Balaban J connectivity index is 1.73. The lowest BCUT2D eigenvalue weighted by Gasteiger charge is -2.60. The minimum Gasteiger partial charge on any atom is -0.396 e. The van der Waals surface area contributed by atoms with E-state index in [-0.39, 0.29) is 23.4 Å². The van der Waals surface area contributed by atoms with Crippen molar-refractivity contribution >= 4 is 11.6 Å². The summed E-state index contributed by atoms with van der Waals surface area (Å²) in [5.41, 5.74) is 0.868. The fourth-order valence-electron chi connectivity index (χ4n) is 6.88. The summed E-state index contributed by atoms with van der Waals surface area (Å²) in [4.78, 5) is 24.4. The first kappa shape index (κ1) is 15.6. The quantitative estimate of drug-likeness (QED) is 0.755. The summed E-state index contributed by atoms with van der Waals surface area (Å²) in [6.07, 6.45) is 6.68. The smallest absolute Gasteiger partial charge is 0.139 e. The van der Waals surface area contributed by atoms with E-state index >= 15 is 0 Å². The van der Waals surface area contributed by atoms with E-state index in [9.17, 15) is 14.7 Å². The average Bonchev–Trinajstić information content (AvgIpc) is 2.84. The molecule has 3 nitrogen and oxygen atoms in total. The third-order valence-corrected chi connectivity index (χ3v) is 8.16. The van der Waals surface area contributed by atoms with Gasteiger partial charge in [-0.1, -0.05) is 19.1 Å². The van der Waals surface area contributed by atoms with Crippen LogP contribution in [0.15, 0.2) is 12.2 Å². The Morgan fingerprint density at radius 3 is 2.65 bits per heavy atom. The van der Waals surface area contributed by atoms with Crippen LogP contribution in [-0.2, 0) is 9.59 Å². The van der Waals surface area contributed by atoms with Crippen LogP contribution >= 0.6 is 0 Å². The molecule has 0 heterocycles. The van der Waals surface area contributed by atoms with Crippen molar-refractivity contribution in [2.24, 2.45) is 34.5 Å². The topological polar surface area (TPSA) is 54.4 Å². The lowest BCUT2D eigenvalue weighted by molar-refractivity contribution is -0.146. The SMILES string of the molecule is C=C1CC2C3CCC(=O)C3(C)CCC2C2(CO)CCC(=O)CC12. The molecule has 4 rings (SSSR count). The van der Waals surface area contributed by atoms with Gasteiger partial charge in [0.15, 0.2) is 0 Å². The number of ketones is 2. The number of aliphatic hydroxyl groups excluding tert-OH is 1. The molecule has 23 heavy (non-hydrogen) atoms. The van der Waals surface area contributed by atoms with Crippen molar-refractivity contribution in [3.63, 3.8) is 0 Å². The predicted molar refractivity (Wildman–Crippen MR) is 87.7 cm³/mol. The van der Waals surface area contributed by atoms with Crippen molar-refractivity contribution in [1.29, 1.82) is 0 Å². The van der Waals surface area contributed by atoms with Gasteiger partial charge in [-0.3, -0.25) is 9.59 Å². The van der Waals surface area contributed by atoms with Crippen LogP contribution in [0, 0.1) is 34.5 Å². The molecule has 0 amide bonds. The minimum absolute atomic E-state index is 0.143. The Bertz CT molecular complexity index is 579. The molecule has 126 valence electrons. The van der Waals surface area contributed by atoms with Gasteiger partial charge in [0.25, 0.3) is 0 Å². The highest BCUT2D eigenvalue weighted by Gasteiger charge is 2.62. The average molecular weight is 316 g/mol. The molecular weight excluding hydrogens is 288 g/mol. The zero-order chi connectivity index (χ0) is 16.4. The van der Waals surface area contributed by atoms with Gasteiger partial charge in [-0.05, 0) is 55.8 Å². The molecule has 6 unspecified atom stereocenters. The summed E-state index contributed by atoms with van der Waals surface area (Å²) in [7, 11) is 0. The number of allylic oxidation sites excluding steroid dienone is 1. The maximum Gasteiger partial charge on any atom is 0.139 e. The van der Waals surface area contributed by atoms with Crippen LogP contribution in [0.25, 0.3) is 0 Å². The molecule has 6 atom stereocenters. The van der Waals surface area contributed by atoms with Gasteiger partial charge in [0.05, 0.1) is 0 Å². The van der Waals surface area contributed by atoms with Crippen molar-refractivity contribution < 1.29 is 14.7 Å². The van der Waals surface area contributed by atoms with Gasteiger partial charge in [0.2, 0.25) is 0 Å². The van der Waals surface area contributed by atoms with E-state index in [1.165, 1.54) is 0 Å². The number of rotatable bonds is 1. The van der Waals surface area contributed by atoms with Crippen LogP contribution in [0.5, 0.6) is 0 Å². The molecular formula is C20H28O3. The second kappa shape index (κ2) is 5.02. The van der Waals surface area contributed by atoms with Crippen LogP contribution in [-0.4, -0.2) is 23.3 Å². The number of carbonyl (C=O) groups is 2. The molecule has 4 aliphatic rings. The van der Waals surface area contributed by atoms with Gasteiger partial charge < -0.3 is 5.11 Å². The minimum atomic E-state index is -0.152. The Morgan fingerprint density at radius 1 is 1.13 bits per heavy atom. The maximum atomic E-state index is 12.4. The number of hydrogen-bond donors (Lipinski definition) is 1. The largest absolute Gasteiger partial charge is 0.396 e. The van der Waals surface area contributed by atoms with Crippen molar-refractivity contribution in [3.05, 3.63) is 12.2 Å². The molecule has 0 bridgehead atoms. The Kier molecular flexibility index (Phi) is 3.39. The van der Waals surface area contributed by atoms with E-state index in [0.717, 1.165) is 44.1 Å². The first-order valence-electron chi connectivity index (χ1n) is 9.26. The Morgan fingerprint density at radius 2 is 1.91 bits per heavy atom. The van der Waals surface area contributed by atoms with E-state index in [4.69, 9.17) is 0 Å². The summed E-state index contributed by atoms with van der Waals surface area (Å²) in [5, 5.41) is 10.4. The third kappa shape index (κ3) is 1.92. The fourth-order valence-corrected chi connectivity index (χ4v) is 6.88. The van der Waals surface area contributed by atoms with Crippen LogP contribution in [0.3, 0.4) is 0 Å². The first-order valence-corrected chi connectivity index (χ1v) is 9.26. The molecule has 1 N–H and O–H groups in total. The maximum absolute atomic E-state index is 12.4. The Labute approximate surface area is 138 Å². The highest BCUT2D eigenvalue weighted by molar-refractivity contribution is 5.87. The summed E-state index contributed by atoms with van der Waals surface area (Å²) in [5.74, 6) is 2.33. The molecule has 3 heteroatoms. The molecule has 4 saturated carbocycles. The summed E-state index contributed by atoms with van der Waals surface area (Å²) in [6.45, 7) is 6.67. The van der Waals surface area contributed by atoms with E-state index in [1.54, 1.807) is 0 Å². The van der Waals surface area contributed by atoms with Gasteiger partial charge >= 0.3 is 0 Å². The van der Waals surface area contributed by atoms with E-state index in [2.05, 4.69) is 13.5 Å². The first-order chi connectivity index (χ1) is 10.9. The number of fused-ring (bicyclic) bond motifs is 5. The third-order valence-electron chi connectivity index (χ3n) is 8.16. The highest BCUT2D eigenvalue weighted by Crippen LogP contribution is 2.66. The van der Waals surface area contributed by atoms with Crippen molar-refractivity contribution in [2.45, 2.75) is 58.3 Å². The van der Waals surface area contributed by atoms with Crippen LogP contribution in [0.4, 0.5) is 0 Å². The lowest BCUT2D eigenvalue weighted by Crippen LogP contribution is -2.56. The number of Topliss-reactive ketones (excluding diaryl/α,β-unsaturated/α-hetero) is 2. The molecule has 0 aromatic carbocycles. The number of hydrogen-bond acceptors (Lipinski definition) is 3. The number of carbonyl (C=O) groups excluding carboxylic acids is 2. The van der Waals surface area contributed by atoms with Gasteiger partial charge in [-0.15, -0.1) is 0 Å². The van der Waals surface area contributed by atoms with Gasteiger partial charge in [-0.2, -0.15) is 0 Å². The number of aliphatic hydroxyl groups is 1. The Hall–Kier alpha value is -0.960. The van der Waals surface area contributed by atoms with E-state index in [0.29, 0.717) is 42.2 Å². The highest BCUT2D eigenvalue weighted by atomic mass is 16.3. The molecule has 0 saturated heterocycles. The molecule has 0 aromatic heterocycles. The lowest BCUT2D eigenvalue weighted by atomic mass is 9.44. The van der Waals surface area contributed by atoms with Crippen LogP contribution in [0.1, 0.15) is 58.3 Å². The fraction of sp³-hybridized carbons (Fsp3) is 0.800. The van der Waals surface area contributed by atoms with Crippen LogP contribution in [0.2, 0.25) is 0 Å². The normalized spacial score (nSPS) is 49.6. The molecule has 4 aliphatic carbocycles. The van der Waals surface area contributed by atoms with Crippen molar-refractivity contribution in [2.75, 3.05) is 6.61 Å². The van der Waals surface area contributed by atoms with Crippen molar-refractivity contribution in [1.82, 2.24) is 0 Å². The molecule has 0 aromatic rings. The second-order valence-electron chi connectivity index (χ2n) is 8.84. The zero-order valence-electron chi connectivity index (χ0n) is 14.1. The monoisotopic (exact) mass is 316 g/mol. The predicted octanol–water partition coefficient (Wildman–Crippen LogP) is 3.31. The van der Waals surface area contributed by atoms with Crippen molar-refractivity contribution in [3.8, 4) is 0 Å². The molecule has 0 radical (unpaired) electrons. The standard InChI is InChI=1S/C20H28O3/c1-12-9-14-15-3-4-18(23)19(15,2)7-6-16(14)20(11-21)8-5-13(22)10-17(12)20/h14-17,21H,1,3-11H2,2H3. The van der Waals surface area contributed by atoms with Gasteiger partial charge in [0, 0.05) is 36.7 Å². The van der Waals surface area contributed by atoms with E-state index in [1.807, 2.05) is 0 Å². The zero-order valence-corrected chi connectivity index (χ0v) is 14.1. The molecule has 0 aliphatic heterocycles. The second-order valence-corrected chi connectivity index (χ2v) is 8.84. The van der Waals surface area contributed by atoms with Gasteiger partial charge in [-0.25, -0.2) is 0 Å². The van der Waals surface area contributed by atoms with E-state index < -0.39 is 0 Å². The summed E-state index contributed by atoms with van der Waals surface area (Å²) >= 11 is 0. The molecule has 4 fully saturated rings. The summed E-state index contributed by atoms with van der Waals surface area (Å²) < 4.78 is 0. The summed E-state index contributed by atoms with van der Waals surface area (Å²) in [6, 6.07) is 0. The molecule has 0 spiro atoms. The van der Waals surface area contributed by atoms with Gasteiger partial charge in [0.1, 0.15) is 11.6 Å².